The van der Waals surface area contributed by atoms with Gasteiger partial charge in [0.05, 0.1) is 6.61 Å². The Morgan fingerprint density at radius 3 is 2.32 bits per heavy atom. The molecule has 7 heteroatoms. The number of alkyl halides is 2. The van der Waals surface area contributed by atoms with Crippen molar-refractivity contribution in [1.29, 1.82) is 0 Å². The lowest BCUT2D eigenvalue weighted by atomic mass is 10.2. The van der Waals surface area contributed by atoms with Gasteiger partial charge in [-0.1, -0.05) is 32.6 Å². The third kappa shape index (κ3) is 5.96. The Morgan fingerprint density at radius 2 is 1.74 bits per heavy atom. The van der Waals surface area contributed by atoms with Crippen molar-refractivity contribution in [1.82, 2.24) is 5.06 Å². The molecule has 0 bridgehead atoms. The van der Waals surface area contributed by atoms with Crippen molar-refractivity contribution in [2.24, 2.45) is 0 Å². The van der Waals surface area contributed by atoms with Crippen molar-refractivity contribution in [3.8, 4) is 0 Å². The van der Waals surface area contributed by atoms with Crippen LogP contribution in [0.3, 0.4) is 0 Å². The molecule has 110 valence electrons. The number of esters is 1. The van der Waals surface area contributed by atoms with Gasteiger partial charge in [0, 0.05) is 0 Å². The van der Waals surface area contributed by atoms with E-state index in [-0.39, 0.29) is 6.61 Å². The zero-order valence-electron chi connectivity index (χ0n) is 11.0. The van der Waals surface area contributed by atoms with Gasteiger partial charge in [0.1, 0.15) is 13.1 Å². The first-order chi connectivity index (χ1) is 8.94. The lowest BCUT2D eigenvalue weighted by molar-refractivity contribution is -0.274. The number of ether oxygens (including phenoxy) is 1. The second kappa shape index (κ2) is 7.37. The Morgan fingerprint density at radius 1 is 1.11 bits per heavy atom. The Bertz CT molecular complexity index is 315. The van der Waals surface area contributed by atoms with E-state index in [1.807, 2.05) is 0 Å². The maximum atomic E-state index is 12.4. The first kappa shape index (κ1) is 15.8. The Balaban J connectivity index is 2.04. The van der Waals surface area contributed by atoms with E-state index in [2.05, 4.69) is 16.5 Å². The van der Waals surface area contributed by atoms with Crippen LogP contribution in [-0.4, -0.2) is 42.6 Å². The summed E-state index contributed by atoms with van der Waals surface area (Å²) in [7, 11) is 0. The summed E-state index contributed by atoms with van der Waals surface area (Å²) in [5, 5.41) is 0.741. The summed E-state index contributed by atoms with van der Waals surface area (Å²) in [6.07, 6.45) is 4.91. The maximum Gasteiger partial charge on any atom is 0.436 e. The number of carbonyl (C=O) groups is 2. The average Bonchev–Trinajstić information content (AvgIpc) is 2.31. The van der Waals surface area contributed by atoms with Crippen LogP contribution >= 0.6 is 0 Å². The molecule has 0 unspecified atom stereocenters. The lowest BCUT2D eigenvalue weighted by Crippen LogP contribution is -2.56. The largest absolute Gasteiger partial charge is 0.457 e. The van der Waals surface area contributed by atoms with E-state index in [4.69, 9.17) is 0 Å². The summed E-state index contributed by atoms with van der Waals surface area (Å²) in [5.41, 5.74) is 0. The third-order valence-electron chi connectivity index (χ3n) is 2.68. The summed E-state index contributed by atoms with van der Waals surface area (Å²) >= 11 is 0. The summed E-state index contributed by atoms with van der Waals surface area (Å²) in [6, 6.07) is 0. The highest BCUT2D eigenvalue weighted by atomic mass is 19.3. The molecular weight excluding hydrogens is 260 g/mol. The summed E-state index contributed by atoms with van der Waals surface area (Å²) < 4.78 is 29.6. The fraction of sp³-hybridized carbons (Fsp3) is 0.833. The van der Waals surface area contributed by atoms with Gasteiger partial charge in [-0.15, -0.1) is 5.06 Å². The van der Waals surface area contributed by atoms with Crippen LogP contribution in [0, 0.1) is 0 Å². The van der Waals surface area contributed by atoms with Crippen LogP contribution < -0.4 is 0 Å². The molecule has 0 spiro atoms. The second-order valence-electron chi connectivity index (χ2n) is 4.58. The SMILES string of the molecule is CCCCCCCOC(=O)C(=O)ON1CC(F)(F)C1. The van der Waals surface area contributed by atoms with Crippen molar-refractivity contribution in [2.75, 3.05) is 19.7 Å². The molecule has 0 aromatic carbocycles. The van der Waals surface area contributed by atoms with Crippen molar-refractivity contribution >= 4 is 11.9 Å². The monoisotopic (exact) mass is 279 g/mol. The Labute approximate surface area is 110 Å². The lowest BCUT2D eigenvalue weighted by Gasteiger charge is -2.35. The predicted octanol–water partition coefficient (Wildman–Crippen LogP) is 1.91. The highest BCUT2D eigenvalue weighted by molar-refractivity contribution is 6.29. The smallest absolute Gasteiger partial charge is 0.436 e. The van der Waals surface area contributed by atoms with E-state index in [9.17, 15) is 18.4 Å². The second-order valence-corrected chi connectivity index (χ2v) is 4.58. The maximum absolute atomic E-state index is 12.4. The van der Waals surface area contributed by atoms with E-state index in [0.29, 0.717) is 6.42 Å². The quantitative estimate of drug-likeness (QED) is 0.405. The van der Waals surface area contributed by atoms with Gasteiger partial charge < -0.3 is 9.57 Å². The first-order valence-corrected chi connectivity index (χ1v) is 6.46. The van der Waals surface area contributed by atoms with Gasteiger partial charge in [-0.25, -0.2) is 18.4 Å². The molecule has 0 N–H and O–H groups in total. The van der Waals surface area contributed by atoms with Crippen LogP contribution in [0.25, 0.3) is 0 Å². The molecule has 1 heterocycles. The molecule has 1 rings (SSSR count). The van der Waals surface area contributed by atoms with E-state index >= 15 is 0 Å². The highest BCUT2D eigenvalue weighted by Gasteiger charge is 2.47. The molecule has 1 aliphatic heterocycles. The summed E-state index contributed by atoms with van der Waals surface area (Å²) in [4.78, 5) is 26.7. The van der Waals surface area contributed by atoms with E-state index in [1.165, 1.54) is 0 Å². The molecule has 0 aliphatic carbocycles. The number of unbranched alkanes of at least 4 members (excludes halogenated alkanes) is 4. The molecule has 1 fully saturated rings. The molecule has 0 amide bonds. The Hall–Kier alpha value is -1.24. The molecule has 0 radical (unpaired) electrons. The summed E-state index contributed by atoms with van der Waals surface area (Å²) in [5.74, 6) is -5.22. The minimum Gasteiger partial charge on any atom is -0.457 e. The molecule has 5 nitrogen and oxygen atoms in total. The first-order valence-electron chi connectivity index (χ1n) is 6.46. The fourth-order valence-electron chi connectivity index (χ4n) is 1.62. The molecule has 0 aromatic heterocycles. The molecule has 0 atom stereocenters. The van der Waals surface area contributed by atoms with Gasteiger partial charge in [0.25, 0.3) is 5.92 Å². The van der Waals surface area contributed by atoms with Crippen LogP contribution in [-0.2, 0) is 19.2 Å². The van der Waals surface area contributed by atoms with Gasteiger partial charge in [-0.3, -0.25) is 0 Å². The number of nitrogens with zero attached hydrogens (tertiary/aromatic N) is 1. The minimum atomic E-state index is -2.84. The zero-order chi connectivity index (χ0) is 14.3. The van der Waals surface area contributed by atoms with Crippen LogP contribution in [0.5, 0.6) is 0 Å². The van der Waals surface area contributed by atoms with E-state index in [1.54, 1.807) is 0 Å². The molecule has 0 saturated carbocycles. The van der Waals surface area contributed by atoms with Crippen molar-refractivity contribution < 1.29 is 27.9 Å². The van der Waals surface area contributed by atoms with E-state index < -0.39 is 31.0 Å². The Kier molecular flexibility index (Phi) is 6.14. The van der Waals surface area contributed by atoms with Crippen molar-refractivity contribution in [3.63, 3.8) is 0 Å². The standard InChI is InChI=1S/C12H19F2NO4/c1-2-3-4-5-6-7-18-10(16)11(17)19-15-8-12(13,14)9-15/h2-9H2,1H3. The van der Waals surface area contributed by atoms with Crippen molar-refractivity contribution in [2.45, 2.75) is 45.0 Å². The van der Waals surface area contributed by atoms with Crippen LogP contribution in [0.1, 0.15) is 39.0 Å². The normalized spacial score (nSPS) is 17.6. The number of rotatable bonds is 7. The average molecular weight is 279 g/mol. The van der Waals surface area contributed by atoms with Gasteiger partial charge in [0.2, 0.25) is 0 Å². The minimum absolute atomic E-state index is 0.147. The molecule has 1 saturated heterocycles. The molecule has 0 aromatic rings. The predicted molar refractivity (Wildman–Crippen MR) is 62.3 cm³/mol. The van der Waals surface area contributed by atoms with Gasteiger partial charge in [-0.05, 0) is 6.42 Å². The van der Waals surface area contributed by atoms with Gasteiger partial charge >= 0.3 is 11.9 Å². The number of hydroxylamine groups is 2. The third-order valence-corrected chi connectivity index (χ3v) is 2.68. The highest BCUT2D eigenvalue weighted by Crippen LogP contribution is 2.26. The molecule has 19 heavy (non-hydrogen) atoms. The molecular formula is C12H19F2NO4. The van der Waals surface area contributed by atoms with E-state index in [0.717, 1.165) is 30.7 Å². The van der Waals surface area contributed by atoms with Gasteiger partial charge in [-0.2, -0.15) is 0 Å². The van der Waals surface area contributed by atoms with Gasteiger partial charge in [0.15, 0.2) is 0 Å². The van der Waals surface area contributed by atoms with Crippen LogP contribution in [0.2, 0.25) is 0 Å². The fourth-order valence-corrected chi connectivity index (χ4v) is 1.62. The number of hydrogen-bond acceptors (Lipinski definition) is 5. The van der Waals surface area contributed by atoms with Crippen molar-refractivity contribution in [3.05, 3.63) is 0 Å². The van der Waals surface area contributed by atoms with Crippen LogP contribution in [0.15, 0.2) is 0 Å². The zero-order valence-corrected chi connectivity index (χ0v) is 11.0. The molecule has 1 aliphatic rings. The number of halogens is 2. The number of carbonyl (C=O) groups excluding carboxylic acids is 2. The summed E-state index contributed by atoms with van der Waals surface area (Å²) in [6.45, 7) is 0.884. The number of hydrogen-bond donors (Lipinski definition) is 0. The van der Waals surface area contributed by atoms with Crippen LogP contribution in [0.4, 0.5) is 8.78 Å². The topological polar surface area (TPSA) is 55.8 Å².